The number of likely N-dealkylation sites (tertiary alicyclic amines) is 1. The number of hydrogen-bond donors (Lipinski definition) is 3. The minimum absolute atomic E-state index is 0.0265. The molecular formula is C38H41Cl2N5O6. The molecule has 1 saturated heterocycles. The summed E-state index contributed by atoms with van der Waals surface area (Å²) in [6.07, 6.45) is 3.76. The fraction of sp³-hybridized carbons (Fsp3) is 0.368. The van der Waals surface area contributed by atoms with Gasteiger partial charge in [-0.25, -0.2) is 9.78 Å². The first-order valence-corrected chi connectivity index (χ1v) is 17.6. The quantitative estimate of drug-likeness (QED) is 0.146. The van der Waals surface area contributed by atoms with Gasteiger partial charge in [-0.05, 0) is 37.1 Å². The lowest BCUT2D eigenvalue weighted by atomic mass is 9.99. The highest BCUT2D eigenvalue weighted by molar-refractivity contribution is 6.39. The highest BCUT2D eigenvalue weighted by Crippen LogP contribution is 2.42. The van der Waals surface area contributed by atoms with Crippen LogP contribution in [0.3, 0.4) is 0 Å². The van der Waals surface area contributed by atoms with Gasteiger partial charge >= 0.3 is 6.09 Å². The number of methoxy groups -OCH3 is 2. The van der Waals surface area contributed by atoms with Crippen molar-refractivity contribution in [2.24, 2.45) is 0 Å². The van der Waals surface area contributed by atoms with E-state index in [-0.39, 0.29) is 18.6 Å². The predicted molar refractivity (Wildman–Crippen MR) is 196 cm³/mol. The first kappa shape index (κ1) is 36.4. The number of nitrogens with one attached hydrogen (secondary N) is 2. The minimum Gasteiger partial charge on any atom is -0.496 e. The van der Waals surface area contributed by atoms with Gasteiger partial charge in [0.2, 0.25) is 11.8 Å². The molecule has 0 bridgehead atoms. The van der Waals surface area contributed by atoms with E-state index in [1.54, 1.807) is 25.1 Å². The molecule has 1 aliphatic heterocycles. The molecule has 4 aromatic rings. The number of aliphatic hydroxyl groups is 1. The molecule has 2 fully saturated rings. The summed E-state index contributed by atoms with van der Waals surface area (Å²) in [4.78, 5) is 35.2. The normalized spacial score (nSPS) is 15.3. The van der Waals surface area contributed by atoms with Crippen LogP contribution in [0.1, 0.15) is 43.7 Å². The van der Waals surface area contributed by atoms with Crippen LogP contribution >= 0.6 is 23.2 Å². The second-order valence-electron chi connectivity index (χ2n) is 12.9. The number of ether oxygens (including phenoxy) is 3. The molecule has 0 atom stereocenters. The maximum absolute atomic E-state index is 12.5. The van der Waals surface area contributed by atoms with Gasteiger partial charge < -0.3 is 34.9 Å². The molecule has 2 aromatic heterocycles. The van der Waals surface area contributed by atoms with E-state index in [0.29, 0.717) is 94.3 Å². The topological polar surface area (TPSA) is 135 Å². The highest BCUT2D eigenvalue weighted by atomic mass is 35.5. The molecule has 1 aliphatic carbocycles. The Bertz CT molecular complexity index is 1910. The molecule has 3 N–H and O–H groups in total. The molecule has 0 radical (unpaired) electrons. The Morgan fingerprint density at radius 1 is 0.941 bits per heavy atom. The summed E-state index contributed by atoms with van der Waals surface area (Å²) in [5.41, 5.74) is 5.07. The largest absolute Gasteiger partial charge is 0.496 e. The highest BCUT2D eigenvalue weighted by Gasteiger charge is 2.39. The summed E-state index contributed by atoms with van der Waals surface area (Å²) in [6, 6.07) is 16.9. The van der Waals surface area contributed by atoms with Crippen molar-refractivity contribution in [1.29, 1.82) is 0 Å². The number of carbonyl (C=O) groups excluding carboxylic acids is 2. The molecule has 0 spiro atoms. The molecule has 11 nitrogen and oxygen atoms in total. The lowest BCUT2D eigenvalue weighted by Crippen LogP contribution is -2.41. The zero-order valence-corrected chi connectivity index (χ0v) is 30.3. The van der Waals surface area contributed by atoms with E-state index in [0.717, 1.165) is 24.0 Å². The molecule has 2 amide bonds. The van der Waals surface area contributed by atoms with Crippen molar-refractivity contribution < 1.29 is 28.9 Å². The average molecular weight is 735 g/mol. The number of carbonyl (C=O) groups is 2. The molecule has 1 saturated carbocycles. The van der Waals surface area contributed by atoms with Crippen LogP contribution in [0.25, 0.3) is 33.6 Å². The van der Waals surface area contributed by atoms with Gasteiger partial charge in [0, 0.05) is 85.5 Å². The van der Waals surface area contributed by atoms with Crippen molar-refractivity contribution in [1.82, 2.24) is 25.5 Å². The summed E-state index contributed by atoms with van der Waals surface area (Å²) in [6.45, 7) is 3.93. The minimum atomic E-state index is -0.581. The van der Waals surface area contributed by atoms with Crippen LogP contribution in [0, 0.1) is 0 Å². The summed E-state index contributed by atoms with van der Waals surface area (Å²) in [5.74, 6) is 1.05. The maximum atomic E-state index is 12.5. The second kappa shape index (κ2) is 15.9. The Labute approximate surface area is 307 Å². The molecule has 6 rings (SSSR count). The standard InChI is InChI=1S/C38H41Cl2N5O6/c1-23(46)45-17-12-27(13-18-45)51-37(47)43-21-26-9-10-31(44-36(26)50-3)30-6-4-5-28(33(30)39)29-11-16-42-35(34(29)40)24-7-8-25(32(19-24)49-2)20-41-22-38(48)14-15-38/h4-11,16,19,27,41,48H,12-15,17-18,20-22H2,1-3H3,(H,43,47). The Hall–Kier alpha value is -4.42. The smallest absolute Gasteiger partial charge is 0.407 e. The number of hydrogen-bond acceptors (Lipinski definition) is 9. The summed E-state index contributed by atoms with van der Waals surface area (Å²) in [5, 5.41) is 17.1. The molecule has 0 unspecified atom stereocenters. The van der Waals surface area contributed by atoms with Gasteiger partial charge in [-0.2, -0.15) is 0 Å². The number of halogens is 2. The van der Waals surface area contributed by atoms with Crippen molar-refractivity contribution in [2.75, 3.05) is 33.9 Å². The second-order valence-corrected chi connectivity index (χ2v) is 13.6. The van der Waals surface area contributed by atoms with Gasteiger partial charge in [-0.3, -0.25) is 9.78 Å². The Morgan fingerprint density at radius 3 is 2.37 bits per heavy atom. The number of nitrogens with zero attached hydrogens (tertiary/aromatic N) is 3. The zero-order chi connectivity index (χ0) is 36.1. The van der Waals surface area contributed by atoms with Crippen molar-refractivity contribution in [3.05, 3.63) is 82.0 Å². The lowest BCUT2D eigenvalue weighted by Gasteiger charge is -2.30. The molecule has 2 aromatic carbocycles. The number of amides is 2. The van der Waals surface area contributed by atoms with Crippen molar-refractivity contribution >= 4 is 35.2 Å². The first-order chi connectivity index (χ1) is 24.6. The van der Waals surface area contributed by atoms with Crippen molar-refractivity contribution in [3.63, 3.8) is 0 Å². The van der Waals surface area contributed by atoms with Gasteiger partial charge in [0.05, 0.1) is 47.8 Å². The van der Waals surface area contributed by atoms with Crippen LogP contribution < -0.4 is 20.1 Å². The Morgan fingerprint density at radius 2 is 1.67 bits per heavy atom. The molecule has 268 valence electrons. The fourth-order valence-electron chi connectivity index (χ4n) is 6.16. The molecule has 2 aliphatic rings. The van der Waals surface area contributed by atoms with Gasteiger partial charge in [0.15, 0.2) is 0 Å². The predicted octanol–water partition coefficient (Wildman–Crippen LogP) is 6.65. The number of alkyl carbamates (subject to hydrolysis) is 1. The number of aromatic nitrogens is 2. The van der Waals surface area contributed by atoms with Crippen molar-refractivity contribution in [2.45, 2.75) is 57.4 Å². The number of pyridine rings is 2. The molecule has 51 heavy (non-hydrogen) atoms. The summed E-state index contributed by atoms with van der Waals surface area (Å²) >= 11 is 14.1. The van der Waals surface area contributed by atoms with E-state index < -0.39 is 11.7 Å². The van der Waals surface area contributed by atoms with Crippen LogP contribution in [0.5, 0.6) is 11.6 Å². The Balaban J connectivity index is 1.17. The number of rotatable bonds is 12. The van der Waals surface area contributed by atoms with E-state index in [4.69, 9.17) is 42.4 Å². The fourth-order valence-corrected chi connectivity index (χ4v) is 6.81. The summed E-state index contributed by atoms with van der Waals surface area (Å²) < 4.78 is 16.8. The number of benzene rings is 2. The van der Waals surface area contributed by atoms with Gasteiger partial charge in [-0.15, -0.1) is 0 Å². The molecular weight excluding hydrogens is 693 g/mol. The monoisotopic (exact) mass is 733 g/mol. The average Bonchev–Trinajstić information content (AvgIpc) is 3.88. The molecule has 13 heteroatoms. The third kappa shape index (κ3) is 8.56. The van der Waals surface area contributed by atoms with E-state index >= 15 is 0 Å². The summed E-state index contributed by atoms with van der Waals surface area (Å²) in [7, 11) is 3.14. The maximum Gasteiger partial charge on any atom is 0.407 e. The van der Waals surface area contributed by atoms with Crippen LogP contribution in [-0.4, -0.2) is 77.5 Å². The Kier molecular flexibility index (Phi) is 11.3. The van der Waals surface area contributed by atoms with Gasteiger partial charge in [0.25, 0.3) is 0 Å². The van der Waals surface area contributed by atoms with E-state index in [2.05, 4.69) is 15.6 Å². The van der Waals surface area contributed by atoms with Crippen molar-refractivity contribution in [3.8, 4) is 45.3 Å². The SMILES string of the molecule is COc1cc(-c2nccc(-c3cccc(-c4ccc(CNC(=O)OC5CCN(C(C)=O)CC5)c(OC)n4)c3Cl)c2Cl)ccc1CNCC1(O)CC1. The van der Waals surface area contributed by atoms with Crippen LogP contribution in [-0.2, 0) is 22.6 Å². The van der Waals surface area contributed by atoms with Gasteiger partial charge in [-0.1, -0.05) is 53.5 Å². The van der Waals surface area contributed by atoms with E-state index in [1.165, 1.54) is 7.11 Å². The van der Waals surface area contributed by atoms with E-state index in [1.807, 2.05) is 54.6 Å². The van der Waals surface area contributed by atoms with Gasteiger partial charge in [0.1, 0.15) is 11.9 Å². The number of piperidine rings is 1. The zero-order valence-electron chi connectivity index (χ0n) is 28.8. The van der Waals surface area contributed by atoms with Crippen LogP contribution in [0.15, 0.2) is 60.8 Å². The third-order valence-corrected chi connectivity index (χ3v) is 10.1. The molecule has 3 heterocycles. The first-order valence-electron chi connectivity index (χ1n) is 16.9. The van der Waals surface area contributed by atoms with E-state index in [9.17, 15) is 14.7 Å². The van der Waals surface area contributed by atoms with Crippen LogP contribution in [0.2, 0.25) is 10.0 Å². The third-order valence-electron chi connectivity index (χ3n) is 9.33. The lowest BCUT2D eigenvalue weighted by molar-refractivity contribution is -0.130. The van der Waals surface area contributed by atoms with Crippen LogP contribution in [0.4, 0.5) is 4.79 Å².